The van der Waals surface area contributed by atoms with Crippen LogP contribution in [0.1, 0.15) is 25.8 Å². The number of hydrogen-bond acceptors (Lipinski definition) is 5. The number of nitrogens with one attached hydrogen (secondary N) is 1. The van der Waals surface area contributed by atoms with Crippen LogP contribution >= 0.6 is 11.6 Å². The molecule has 7 nitrogen and oxygen atoms in total. The van der Waals surface area contributed by atoms with E-state index in [1.807, 2.05) is 25.1 Å². The fraction of sp³-hybridized carbons (Fsp3) is 0.500. The number of carbonyl (C=O) groups excluding carboxylic acids is 2. The third kappa shape index (κ3) is 3.93. The maximum Gasteiger partial charge on any atom is 0.409 e. The van der Waals surface area contributed by atoms with Gasteiger partial charge in [-0.1, -0.05) is 24.6 Å². The average Bonchev–Trinajstić information content (AvgIpc) is 2.62. The maximum atomic E-state index is 11.8. The van der Waals surface area contributed by atoms with Gasteiger partial charge in [-0.05, 0) is 24.6 Å². The highest BCUT2D eigenvalue weighted by Crippen LogP contribution is 2.29. The molecule has 1 N–H and O–H groups in total. The summed E-state index contributed by atoms with van der Waals surface area (Å²) < 4.78 is 5.05. The van der Waals surface area contributed by atoms with E-state index in [1.54, 1.807) is 11.8 Å². The molecule has 26 heavy (non-hydrogen) atoms. The number of rotatable bonds is 3. The lowest BCUT2D eigenvalue weighted by Gasteiger charge is -2.36. The molecule has 1 unspecified atom stereocenters. The molecule has 0 bridgehead atoms. The Balaban J connectivity index is 1.69. The molecule has 3 rings (SSSR count). The zero-order chi connectivity index (χ0) is 18.7. The predicted molar refractivity (Wildman–Crippen MR) is 101 cm³/mol. The number of carbonyl (C=O) groups is 2. The van der Waals surface area contributed by atoms with Crippen molar-refractivity contribution in [2.45, 2.75) is 20.3 Å². The molecule has 2 aliphatic rings. The monoisotopic (exact) mass is 378 g/mol. The van der Waals surface area contributed by atoms with E-state index in [9.17, 15) is 9.59 Å². The average molecular weight is 379 g/mol. The Morgan fingerprint density at radius 2 is 2.08 bits per heavy atom. The highest BCUT2D eigenvalue weighted by molar-refractivity contribution is 6.33. The summed E-state index contributed by atoms with van der Waals surface area (Å²) in [4.78, 5) is 27.1. The summed E-state index contributed by atoms with van der Waals surface area (Å²) in [6.45, 7) is 6.78. The van der Waals surface area contributed by atoms with Gasteiger partial charge in [0.1, 0.15) is 0 Å². The lowest BCUT2D eigenvalue weighted by Crippen LogP contribution is -2.49. The quantitative estimate of drug-likeness (QED) is 0.876. The van der Waals surface area contributed by atoms with Gasteiger partial charge in [-0.15, -0.1) is 0 Å². The van der Waals surface area contributed by atoms with Crippen LogP contribution in [0.2, 0.25) is 5.02 Å². The summed E-state index contributed by atoms with van der Waals surface area (Å²) in [6.07, 6.45) is 0.161. The molecular weight excluding hydrogens is 356 g/mol. The molecule has 1 aromatic rings. The lowest BCUT2D eigenvalue weighted by molar-refractivity contribution is -0.121. The molecule has 0 aromatic heterocycles. The lowest BCUT2D eigenvalue weighted by atomic mass is 9.94. The van der Waals surface area contributed by atoms with Crippen molar-refractivity contribution in [3.8, 4) is 0 Å². The van der Waals surface area contributed by atoms with Crippen molar-refractivity contribution in [1.29, 1.82) is 0 Å². The summed E-state index contributed by atoms with van der Waals surface area (Å²) >= 11 is 6.52. The minimum Gasteiger partial charge on any atom is -0.450 e. The first kappa shape index (κ1) is 18.5. The first-order chi connectivity index (χ1) is 12.5. The number of nitrogens with zero attached hydrogens (tertiary/aromatic N) is 3. The minimum absolute atomic E-state index is 0.0544. The molecule has 2 aliphatic heterocycles. The fourth-order valence-electron chi connectivity index (χ4n) is 3.27. The van der Waals surface area contributed by atoms with Crippen molar-refractivity contribution in [3.63, 3.8) is 0 Å². The Kier molecular flexibility index (Phi) is 5.66. The van der Waals surface area contributed by atoms with Gasteiger partial charge in [-0.2, -0.15) is 5.10 Å². The van der Waals surface area contributed by atoms with E-state index < -0.39 is 0 Å². The Bertz CT molecular complexity index is 729. The Morgan fingerprint density at radius 3 is 2.69 bits per heavy atom. The number of hydrogen-bond donors (Lipinski definition) is 1. The summed E-state index contributed by atoms with van der Waals surface area (Å²) in [5.74, 6) is -0.0118. The topological polar surface area (TPSA) is 74.2 Å². The smallest absolute Gasteiger partial charge is 0.409 e. The number of hydrazone groups is 1. The first-order valence-corrected chi connectivity index (χ1v) is 9.20. The number of halogens is 1. The van der Waals surface area contributed by atoms with Crippen LogP contribution in [0, 0.1) is 5.92 Å². The third-order valence-electron chi connectivity index (χ3n) is 4.65. The molecule has 2 heterocycles. The van der Waals surface area contributed by atoms with Gasteiger partial charge < -0.3 is 14.5 Å². The zero-order valence-corrected chi connectivity index (χ0v) is 15.8. The third-order valence-corrected chi connectivity index (χ3v) is 4.95. The molecule has 1 aromatic carbocycles. The van der Waals surface area contributed by atoms with Crippen molar-refractivity contribution in [3.05, 3.63) is 28.8 Å². The van der Waals surface area contributed by atoms with Gasteiger partial charge in [0, 0.05) is 38.5 Å². The predicted octanol–water partition coefficient (Wildman–Crippen LogP) is 2.48. The molecule has 8 heteroatoms. The van der Waals surface area contributed by atoms with Crippen molar-refractivity contribution in [1.82, 2.24) is 10.3 Å². The van der Waals surface area contributed by atoms with Crippen LogP contribution in [-0.4, -0.2) is 55.4 Å². The highest BCUT2D eigenvalue weighted by atomic mass is 35.5. The van der Waals surface area contributed by atoms with Gasteiger partial charge in [-0.25, -0.2) is 10.2 Å². The van der Waals surface area contributed by atoms with Crippen LogP contribution in [0.15, 0.2) is 23.3 Å². The standard InChI is InChI=1S/C18H23ClN4O3/c1-3-26-18(25)23-8-6-22(7-9-23)15-5-4-13(11-14(15)19)17-12(2)10-16(24)20-21-17/h4-5,11-12H,3,6-10H2,1-2H3,(H,20,24). The second-order valence-electron chi connectivity index (χ2n) is 6.48. The minimum atomic E-state index is -0.264. The molecule has 0 radical (unpaired) electrons. The number of piperazine rings is 1. The second kappa shape index (κ2) is 7.95. The number of amides is 2. The Hall–Kier alpha value is -2.28. The van der Waals surface area contributed by atoms with Gasteiger partial charge in [0.15, 0.2) is 0 Å². The molecular formula is C18H23ClN4O3. The zero-order valence-electron chi connectivity index (χ0n) is 15.0. The van der Waals surface area contributed by atoms with Crippen LogP contribution in [0.3, 0.4) is 0 Å². The fourth-order valence-corrected chi connectivity index (χ4v) is 3.57. The van der Waals surface area contributed by atoms with E-state index in [1.165, 1.54) is 0 Å². The first-order valence-electron chi connectivity index (χ1n) is 8.82. The molecule has 2 amide bonds. The van der Waals surface area contributed by atoms with E-state index in [0.29, 0.717) is 44.2 Å². The van der Waals surface area contributed by atoms with Crippen molar-refractivity contribution in [2.75, 3.05) is 37.7 Å². The van der Waals surface area contributed by atoms with Crippen LogP contribution < -0.4 is 10.3 Å². The van der Waals surface area contributed by atoms with E-state index in [2.05, 4.69) is 15.4 Å². The largest absolute Gasteiger partial charge is 0.450 e. The van der Waals surface area contributed by atoms with Gasteiger partial charge in [0.25, 0.3) is 0 Å². The maximum absolute atomic E-state index is 11.8. The molecule has 140 valence electrons. The van der Waals surface area contributed by atoms with Gasteiger partial charge in [0.05, 0.1) is 23.0 Å². The summed E-state index contributed by atoms with van der Waals surface area (Å²) in [5, 5.41) is 4.82. The van der Waals surface area contributed by atoms with Gasteiger partial charge >= 0.3 is 6.09 Å². The summed E-state index contributed by atoms with van der Waals surface area (Å²) in [6, 6.07) is 5.84. The van der Waals surface area contributed by atoms with E-state index >= 15 is 0 Å². The number of benzene rings is 1. The van der Waals surface area contributed by atoms with E-state index in [4.69, 9.17) is 16.3 Å². The molecule has 0 spiro atoms. The summed E-state index contributed by atoms with van der Waals surface area (Å²) in [5.41, 5.74) is 5.22. The second-order valence-corrected chi connectivity index (χ2v) is 6.88. The van der Waals surface area contributed by atoms with Gasteiger partial charge in [-0.3, -0.25) is 4.79 Å². The summed E-state index contributed by atoms with van der Waals surface area (Å²) in [7, 11) is 0. The molecule has 1 saturated heterocycles. The van der Waals surface area contributed by atoms with Crippen molar-refractivity contribution >= 4 is 35.0 Å². The van der Waals surface area contributed by atoms with Crippen LogP contribution in [0.5, 0.6) is 0 Å². The van der Waals surface area contributed by atoms with Gasteiger partial charge in [0.2, 0.25) is 5.91 Å². The molecule has 0 saturated carbocycles. The number of ether oxygens (including phenoxy) is 1. The number of anilines is 1. The van der Waals surface area contributed by atoms with E-state index in [-0.39, 0.29) is 17.9 Å². The van der Waals surface area contributed by atoms with Crippen LogP contribution in [0.4, 0.5) is 10.5 Å². The Morgan fingerprint density at radius 1 is 1.35 bits per heavy atom. The normalized spacial score (nSPS) is 20.5. The van der Waals surface area contributed by atoms with Crippen LogP contribution in [-0.2, 0) is 9.53 Å². The van der Waals surface area contributed by atoms with Crippen molar-refractivity contribution in [2.24, 2.45) is 11.0 Å². The highest BCUT2D eigenvalue weighted by Gasteiger charge is 2.25. The SMILES string of the molecule is CCOC(=O)N1CCN(c2ccc(C3=NNC(=O)CC3C)cc2Cl)CC1. The van der Waals surface area contributed by atoms with Crippen molar-refractivity contribution < 1.29 is 14.3 Å². The molecule has 0 aliphatic carbocycles. The Labute approximate surface area is 157 Å². The molecule has 1 atom stereocenters. The van der Waals surface area contributed by atoms with Crippen LogP contribution in [0.25, 0.3) is 0 Å². The van der Waals surface area contributed by atoms with E-state index in [0.717, 1.165) is 17.0 Å². The molecule has 1 fully saturated rings.